The molecule has 2 saturated heterocycles. The Kier molecular flexibility index (Phi) is 9.02. The van der Waals surface area contributed by atoms with E-state index in [0.717, 1.165) is 57.9 Å². The molecular weight excluding hydrogens is 347 g/mol. The standard InChI is InChI=1S/C17H26N4O.2ClH/c1-20-6-8-21(9-7-20)13-14-2-4-16(5-3-14)17(22)19-12-15-10-18-11-15;;/h2-5,15,18H,6-13H2,1H3,(H,19,22);2*1H. The lowest BCUT2D eigenvalue weighted by Crippen LogP contribution is -2.48. The van der Waals surface area contributed by atoms with Gasteiger partial charge in [-0.15, -0.1) is 24.8 Å². The van der Waals surface area contributed by atoms with Gasteiger partial charge in [0.2, 0.25) is 0 Å². The second kappa shape index (κ2) is 10.2. The molecule has 24 heavy (non-hydrogen) atoms. The first kappa shape index (κ1) is 21.2. The molecule has 1 aromatic carbocycles. The summed E-state index contributed by atoms with van der Waals surface area (Å²) in [7, 11) is 2.17. The van der Waals surface area contributed by atoms with E-state index in [9.17, 15) is 4.79 Å². The van der Waals surface area contributed by atoms with Crippen LogP contribution in [0.15, 0.2) is 24.3 Å². The summed E-state index contributed by atoms with van der Waals surface area (Å²) in [6, 6.07) is 8.05. The Morgan fingerprint density at radius 1 is 1.12 bits per heavy atom. The van der Waals surface area contributed by atoms with E-state index >= 15 is 0 Å². The van der Waals surface area contributed by atoms with E-state index in [4.69, 9.17) is 0 Å². The van der Waals surface area contributed by atoms with Crippen LogP contribution in [0.1, 0.15) is 15.9 Å². The highest BCUT2D eigenvalue weighted by Gasteiger charge is 2.18. The lowest BCUT2D eigenvalue weighted by molar-refractivity contribution is 0.0942. The summed E-state index contributed by atoms with van der Waals surface area (Å²) in [5.41, 5.74) is 2.04. The molecule has 2 N–H and O–H groups in total. The van der Waals surface area contributed by atoms with E-state index < -0.39 is 0 Å². The number of carbonyl (C=O) groups is 1. The fourth-order valence-electron chi connectivity index (χ4n) is 2.86. The van der Waals surface area contributed by atoms with Crippen molar-refractivity contribution in [2.45, 2.75) is 6.54 Å². The average molecular weight is 375 g/mol. The zero-order valence-corrected chi connectivity index (χ0v) is 15.8. The van der Waals surface area contributed by atoms with Crippen LogP contribution in [-0.2, 0) is 6.54 Å². The van der Waals surface area contributed by atoms with Gasteiger partial charge in [0, 0.05) is 63.8 Å². The Balaban J connectivity index is 0.00000144. The lowest BCUT2D eigenvalue weighted by Gasteiger charge is -2.32. The largest absolute Gasteiger partial charge is 0.352 e. The third-order valence-electron chi connectivity index (χ3n) is 4.64. The molecular formula is C17H28Cl2N4O. The molecule has 136 valence electrons. The zero-order chi connectivity index (χ0) is 15.4. The molecule has 0 spiro atoms. The predicted octanol–water partition coefficient (Wildman–Crippen LogP) is 1.23. The van der Waals surface area contributed by atoms with Gasteiger partial charge >= 0.3 is 0 Å². The Morgan fingerprint density at radius 2 is 1.75 bits per heavy atom. The Hall–Kier alpha value is -0.850. The van der Waals surface area contributed by atoms with Crippen LogP contribution >= 0.6 is 24.8 Å². The predicted molar refractivity (Wildman–Crippen MR) is 102 cm³/mol. The zero-order valence-electron chi connectivity index (χ0n) is 14.2. The Bertz CT molecular complexity index is 500. The van der Waals surface area contributed by atoms with E-state index in [2.05, 4.69) is 39.6 Å². The number of hydrogen-bond donors (Lipinski definition) is 2. The van der Waals surface area contributed by atoms with Gasteiger partial charge in [-0.1, -0.05) is 12.1 Å². The molecule has 7 heteroatoms. The van der Waals surface area contributed by atoms with Crippen molar-refractivity contribution < 1.29 is 4.79 Å². The summed E-state index contributed by atoms with van der Waals surface area (Å²) in [6.45, 7) is 8.29. The molecule has 0 bridgehead atoms. The van der Waals surface area contributed by atoms with Gasteiger partial charge in [0.25, 0.3) is 5.91 Å². The normalized spacial score (nSPS) is 18.9. The van der Waals surface area contributed by atoms with E-state index in [0.29, 0.717) is 5.92 Å². The molecule has 0 aromatic heterocycles. The second-order valence-corrected chi connectivity index (χ2v) is 6.51. The minimum absolute atomic E-state index is 0. The summed E-state index contributed by atoms with van der Waals surface area (Å²) >= 11 is 0. The number of likely N-dealkylation sites (N-methyl/N-ethyl adjacent to an activating group) is 1. The van der Waals surface area contributed by atoms with Crippen molar-refractivity contribution in [2.75, 3.05) is 52.9 Å². The number of halogens is 2. The van der Waals surface area contributed by atoms with Crippen LogP contribution in [0.3, 0.4) is 0 Å². The first-order valence-corrected chi connectivity index (χ1v) is 8.19. The molecule has 0 unspecified atom stereocenters. The van der Waals surface area contributed by atoms with Gasteiger partial charge in [0.1, 0.15) is 0 Å². The Morgan fingerprint density at radius 3 is 2.29 bits per heavy atom. The maximum absolute atomic E-state index is 12.1. The first-order valence-electron chi connectivity index (χ1n) is 8.19. The minimum Gasteiger partial charge on any atom is -0.352 e. The van der Waals surface area contributed by atoms with Crippen LogP contribution in [0.5, 0.6) is 0 Å². The maximum Gasteiger partial charge on any atom is 0.251 e. The fraction of sp³-hybridized carbons (Fsp3) is 0.588. The number of rotatable bonds is 5. The third-order valence-corrected chi connectivity index (χ3v) is 4.64. The van der Waals surface area contributed by atoms with Crippen molar-refractivity contribution in [1.82, 2.24) is 20.4 Å². The lowest BCUT2D eigenvalue weighted by atomic mass is 10.0. The van der Waals surface area contributed by atoms with E-state index in [1.54, 1.807) is 0 Å². The molecule has 2 fully saturated rings. The van der Waals surface area contributed by atoms with Crippen LogP contribution in [0.2, 0.25) is 0 Å². The highest BCUT2D eigenvalue weighted by molar-refractivity contribution is 5.94. The SMILES string of the molecule is CN1CCN(Cc2ccc(C(=O)NCC3CNC3)cc2)CC1.Cl.Cl. The van der Waals surface area contributed by atoms with Gasteiger partial charge < -0.3 is 15.5 Å². The van der Waals surface area contributed by atoms with Crippen molar-refractivity contribution in [3.63, 3.8) is 0 Å². The molecule has 0 saturated carbocycles. The van der Waals surface area contributed by atoms with Crippen molar-refractivity contribution >= 4 is 30.7 Å². The van der Waals surface area contributed by atoms with Crippen LogP contribution in [0, 0.1) is 5.92 Å². The quantitative estimate of drug-likeness (QED) is 0.813. The van der Waals surface area contributed by atoms with E-state index in [-0.39, 0.29) is 30.7 Å². The van der Waals surface area contributed by atoms with Crippen LogP contribution in [0.25, 0.3) is 0 Å². The second-order valence-electron chi connectivity index (χ2n) is 6.51. The molecule has 2 heterocycles. The minimum atomic E-state index is 0. The van der Waals surface area contributed by atoms with Gasteiger partial charge in [0.15, 0.2) is 0 Å². The van der Waals surface area contributed by atoms with Gasteiger partial charge in [-0.25, -0.2) is 0 Å². The van der Waals surface area contributed by atoms with Gasteiger partial charge in [0.05, 0.1) is 0 Å². The van der Waals surface area contributed by atoms with Crippen LogP contribution in [0.4, 0.5) is 0 Å². The van der Waals surface area contributed by atoms with E-state index in [1.807, 2.05) is 12.1 Å². The molecule has 1 aromatic rings. The highest BCUT2D eigenvalue weighted by atomic mass is 35.5. The first-order chi connectivity index (χ1) is 10.7. The molecule has 2 aliphatic rings. The molecule has 0 radical (unpaired) electrons. The third kappa shape index (κ3) is 5.90. The number of piperazine rings is 1. The molecule has 0 aliphatic carbocycles. The topological polar surface area (TPSA) is 47.6 Å². The number of amides is 1. The number of nitrogens with one attached hydrogen (secondary N) is 2. The van der Waals surface area contributed by atoms with E-state index in [1.165, 1.54) is 5.56 Å². The number of benzene rings is 1. The van der Waals surface area contributed by atoms with Gasteiger partial charge in [-0.3, -0.25) is 9.69 Å². The van der Waals surface area contributed by atoms with Crippen molar-refractivity contribution in [2.24, 2.45) is 5.92 Å². The molecule has 5 nitrogen and oxygen atoms in total. The molecule has 3 rings (SSSR count). The number of nitrogens with zero attached hydrogens (tertiary/aromatic N) is 2. The van der Waals surface area contributed by atoms with Crippen molar-refractivity contribution in [3.8, 4) is 0 Å². The molecule has 1 amide bonds. The number of hydrogen-bond acceptors (Lipinski definition) is 4. The summed E-state index contributed by atoms with van der Waals surface area (Å²) in [5, 5.41) is 6.23. The number of carbonyl (C=O) groups excluding carboxylic acids is 1. The molecule has 0 atom stereocenters. The molecule has 2 aliphatic heterocycles. The summed E-state index contributed by atoms with van der Waals surface area (Å²) < 4.78 is 0. The summed E-state index contributed by atoms with van der Waals surface area (Å²) in [5.74, 6) is 0.638. The highest BCUT2D eigenvalue weighted by Crippen LogP contribution is 2.10. The van der Waals surface area contributed by atoms with Gasteiger partial charge in [-0.2, -0.15) is 0 Å². The van der Waals surface area contributed by atoms with Crippen molar-refractivity contribution in [3.05, 3.63) is 35.4 Å². The smallest absolute Gasteiger partial charge is 0.251 e. The Labute approximate surface area is 157 Å². The summed E-state index contributed by atoms with van der Waals surface area (Å²) in [4.78, 5) is 16.9. The summed E-state index contributed by atoms with van der Waals surface area (Å²) in [6.07, 6.45) is 0. The van der Waals surface area contributed by atoms with Gasteiger partial charge in [-0.05, 0) is 24.7 Å². The van der Waals surface area contributed by atoms with Crippen LogP contribution < -0.4 is 10.6 Å². The monoisotopic (exact) mass is 374 g/mol. The van der Waals surface area contributed by atoms with Crippen molar-refractivity contribution in [1.29, 1.82) is 0 Å². The fourth-order valence-corrected chi connectivity index (χ4v) is 2.86. The average Bonchev–Trinajstić information content (AvgIpc) is 2.49. The van der Waals surface area contributed by atoms with Crippen LogP contribution in [-0.4, -0.2) is 68.6 Å². The maximum atomic E-state index is 12.1.